The summed E-state index contributed by atoms with van der Waals surface area (Å²) in [7, 11) is 0. The minimum atomic E-state index is 1.04. The van der Waals surface area contributed by atoms with Crippen LogP contribution in [0.5, 0.6) is 0 Å². The van der Waals surface area contributed by atoms with E-state index in [1.54, 1.807) is 0 Å². The molecule has 15 heavy (non-hydrogen) atoms. The molecular weight excluding hydrogens is 252 g/mol. The van der Waals surface area contributed by atoms with E-state index in [2.05, 4.69) is 44.1 Å². The molecule has 3 aromatic rings. The zero-order chi connectivity index (χ0) is 10.5. The van der Waals surface area contributed by atoms with Crippen LogP contribution in [0, 0.1) is 0 Å². The molecule has 2 N–H and O–H groups in total. The first kappa shape index (κ1) is 10.1. The average molecular weight is 263 g/mol. The van der Waals surface area contributed by atoms with Crippen LogP contribution in [0.15, 0.2) is 59.5 Å². The number of fused-ring (bicyclic) bond motifs is 1. The van der Waals surface area contributed by atoms with E-state index in [9.17, 15) is 0 Å². The molecule has 2 heterocycles. The van der Waals surface area contributed by atoms with Gasteiger partial charge in [0.1, 0.15) is 0 Å². The summed E-state index contributed by atoms with van der Waals surface area (Å²) in [6, 6.07) is 14.1. The highest BCUT2D eigenvalue weighted by Crippen LogP contribution is 2.17. The highest BCUT2D eigenvalue weighted by Gasteiger charge is 1.93. The van der Waals surface area contributed by atoms with Gasteiger partial charge < -0.3 is 9.97 Å². The Morgan fingerprint density at radius 1 is 0.933 bits per heavy atom. The molecule has 0 atom stereocenters. The van der Waals surface area contributed by atoms with Crippen LogP contribution in [0.25, 0.3) is 10.9 Å². The molecule has 3 rings (SSSR count). The van der Waals surface area contributed by atoms with Crippen molar-refractivity contribution in [3.63, 3.8) is 0 Å². The predicted octanol–water partition coefficient (Wildman–Crippen LogP) is 3.95. The van der Waals surface area contributed by atoms with Crippen molar-refractivity contribution >= 4 is 26.8 Å². The first-order valence-electron chi connectivity index (χ1n) is 4.67. The normalized spacial score (nSPS) is 9.67. The molecule has 0 saturated carbocycles. The fourth-order valence-electron chi connectivity index (χ4n) is 1.32. The van der Waals surface area contributed by atoms with Gasteiger partial charge in [0, 0.05) is 23.3 Å². The quantitative estimate of drug-likeness (QED) is 0.615. The van der Waals surface area contributed by atoms with E-state index < -0.39 is 0 Å². The van der Waals surface area contributed by atoms with E-state index in [4.69, 9.17) is 0 Å². The van der Waals surface area contributed by atoms with Crippen LogP contribution >= 0.6 is 15.9 Å². The van der Waals surface area contributed by atoms with Crippen molar-refractivity contribution in [1.82, 2.24) is 9.97 Å². The number of halogens is 1. The van der Waals surface area contributed by atoms with Gasteiger partial charge in [0.15, 0.2) is 0 Å². The van der Waals surface area contributed by atoms with Crippen LogP contribution in [0.4, 0.5) is 0 Å². The summed E-state index contributed by atoms with van der Waals surface area (Å²) in [5.74, 6) is 0. The molecule has 0 amide bonds. The molecule has 0 bridgehead atoms. The third kappa shape index (κ3) is 2.73. The van der Waals surface area contributed by atoms with Crippen molar-refractivity contribution in [2.45, 2.75) is 0 Å². The number of para-hydroxylation sites is 1. The number of H-pyrrole nitrogens is 2. The van der Waals surface area contributed by atoms with Crippen LogP contribution in [0.2, 0.25) is 0 Å². The molecule has 0 aliphatic carbocycles. The van der Waals surface area contributed by atoms with Crippen LogP contribution < -0.4 is 0 Å². The highest BCUT2D eigenvalue weighted by molar-refractivity contribution is 9.10. The molecule has 0 unspecified atom stereocenters. The van der Waals surface area contributed by atoms with Gasteiger partial charge in [-0.3, -0.25) is 0 Å². The first-order chi connectivity index (χ1) is 7.36. The van der Waals surface area contributed by atoms with Gasteiger partial charge in [-0.1, -0.05) is 18.2 Å². The van der Waals surface area contributed by atoms with Crippen molar-refractivity contribution in [3.05, 3.63) is 59.5 Å². The number of benzene rings is 1. The zero-order valence-corrected chi connectivity index (χ0v) is 9.66. The van der Waals surface area contributed by atoms with Crippen molar-refractivity contribution in [2.24, 2.45) is 0 Å². The third-order valence-corrected chi connectivity index (χ3v) is 2.42. The molecule has 3 heteroatoms. The van der Waals surface area contributed by atoms with E-state index in [0.29, 0.717) is 0 Å². The molecule has 0 saturated heterocycles. The monoisotopic (exact) mass is 262 g/mol. The Bertz CT molecular complexity index is 461. The van der Waals surface area contributed by atoms with Crippen LogP contribution in [0.3, 0.4) is 0 Å². The Hall–Kier alpha value is -1.48. The van der Waals surface area contributed by atoms with Gasteiger partial charge in [-0.25, -0.2) is 0 Å². The van der Waals surface area contributed by atoms with Crippen molar-refractivity contribution in [2.75, 3.05) is 0 Å². The minimum absolute atomic E-state index is 1.04. The topological polar surface area (TPSA) is 31.6 Å². The number of rotatable bonds is 0. The maximum atomic E-state index is 3.37. The number of aromatic nitrogens is 2. The highest BCUT2D eigenvalue weighted by atomic mass is 79.9. The van der Waals surface area contributed by atoms with Gasteiger partial charge >= 0.3 is 0 Å². The van der Waals surface area contributed by atoms with Crippen LogP contribution in [-0.4, -0.2) is 9.97 Å². The lowest BCUT2D eigenvalue weighted by Crippen LogP contribution is -1.62. The second-order valence-electron chi connectivity index (χ2n) is 3.09. The molecule has 0 aliphatic heterocycles. The van der Waals surface area contributed by atoms with E-state index in [-0.39, 0.29) is 0 Å². The van der Waals surface area contributed by atoms with E-state index in [1.165, 1.54) is 10.9 Å². The Balaban J connectivity index is 0.000000144. The van der Waals surface area contributed by atoms with Gasteiger partial charge in [-0.05, 0) is 40.2 Å². The fraction of sp³-hybridized carbons (Fsp3) is 0. The van der Waals surface area contributed by atoms with Gasteiger partial charge in [0.05, 0.1) is 4.60 Å². The van der Waals surface area contributed by atoms with Crippen LogP contribution in [-0.2, 0) is 0 Å². The summed E-state index contributed by atoms with van der Waals surface area (Å²) >= 11 is 3.37. The summed E-state index contributed by atoms with van der Waals surface area (Å²) in [5.41, 5.74) is 1.18. The SMILES string of the molecule is Brc1cc2ccccc2[nH]1.c1cc[nH]c1. The first-order valence-corrected chi connectivity index (χ1v) is 5.46. The molecule has 2 aromatic heterocycles. The van der Waals surface area contributed by atoms with E-state index in [0.717, 1.165) is 4.60 Å². The van der Waals surface area contributed by atoms with E-state index in [1.807, 2.05) is 36.7 Å². The van der Waals surface area contributed by atoms with Gasteiger partial charge in [0.25, 0.3) is 0 Å². The van der Waals surface area contributed by atoms with Crippen LogP contribution in [0.1, 0.15) is 0 Å². The Kier molecular flexibility index (Phi) is 3.25. The lowest BCUT2D eigenvalue weighted by atomic mass is 10.3. The Morgan fingerprint density at radius 3 is 2.27 bits per heavy atom. The number of hydrogen-bond donors (Lipinski definition) is 2. The second kappa shape index (κ2) is 4.84. The maximum absolute atomic E-state index is 3.37. The summed E-state index contributed by atoms with van der Waals surface area (Å²) in [5, 5.41) is 1.24. The summed E-state index contributed by atoms with van der Waals surface area (Å²) in [6.07, 6.45) is 3.75. The van der Waals surface area contributed by atoms with Gasteiger partial charge in [0.2, 0.25) is 0 Å². The van der Waals surface area contributed by atoms with Crippen molar-refractivity contribution in [3.8, 4) is 0 Å². The van der Waals surface area contributed by atoms with Gasteiger partial charge in [-0.2, -0.15) is 0 Å². The molecule has 0 fully saturated rings. The average Bonchev–Trinajstić information content (AvgIpc) is 2.87. The number of aromatic amines is 2. The molecule has 0 aliphatic rings. The minimum Gasteiger partial charge on any atom is -0.368 e. The number of nitrogens with one attached hydrogen (secondary N) is 2. The zero-order valence-electron chi connectivity index (χ0n) is 8.07. The Labute approximate surface area is 96.5 Å². The molecule has 0 spiro atoms. The largest absolute Gasteiger partial charge is 0.368 e. The standard InChI is InChI=1S/C8H6BrN.C4H5N/c9-8-5-6-3-1-2-4-7(6)10-8;1-2-4-5-3-1/h1-5,10H;1-5H. The Morgan fingerprint density at radius 2 is 1.67 bits per heavy atom. The lowest BCUT2D eigenvalue weighted by molar-refractivity contribution is 1.41. The van der Waals surface area contributed by atoms with Gasteiger partial charge in [-0.15, -0.1) is 0 Å². The maximum Gasteiger partial charge on any atom is 0.0830 e. The summed E-state index contributed by atoms with van der Waals surface area (Å²) in [6.45, 7) is 0. The second-order valence-corrected chi connectivity index (χ2v) is 3.94. The number of hydrogen-bond acceptors (Lipinski definition) is 0. The van der Waals surface area contributed by atoms with Crippen molar-refractivity contribution < 1.29 is 0 Å². The summed E-state index contributed by atoms with van der Waals surface area (Å²) < 4.78 is 1.04. The van der Waals surface area contributed by atoms with Crippen molar-refractivity contribution in [1.29, 1.82) is 0 Å². The molecular formula is C12H11BrN2. The smallest absolute Gasteiger partial charge is 0.0830 e. The molecule has 0 radical (unpaired) electrons. The predicted molar refractivity (Wildman–Crippen MR) is 66.8 cm³/mol. The molecule has 76 valence electrons. The summed E-state index contributed by atoms with van der Waals surface area (Å²) in [4.78, 5) is 6.04. The lowest BCUT2D eigenvalue weighted by Gasteiger charge is -1.83. The molecule has 1 aromatic carbocycles. The molecule has 2 nitrogen and oxygen atoms in total. The third-order valence-electron chi connectivity index (χ3n) is 1.99. The van der Waals surface area contributed by atoms with E-state index >= 15 is 0 Å². The fourth-order valence-corrected chi connectivity index (χ4v) is 1.78.